The zero-order valence-electron chi connectivity index (χ0n) is 13.3. The number of carbonyl (C=O) groups excluding carboxylic acids is 2. The topological polar surface area (TPSA) is 75.4 Å². The summed E-state index contributed by atoms with van der Waals surface area (Å²) in [6, 6.07) is 0.149. The van der Waals surface area contributed by atoms with Crippen molar-refractivity contribution in [2.45, 2.75) is 58.4 Å². The molecule has 0 radical (unpaired) electrons. The van der Waals surface area contributed by atoms with Crippen LogP contribution in [-0.2, 0) is 9.59 Å². The van der Waals surface area contributed by atoms with Crippen LogP contribution in [-0.4, -0.2) is 42.4 Å². The number of amides is 2. The number of nitrogens with two attached hydrogens (primary N) is 1. The Kier molecular flexibility index (Phi) is 10.4. The number of hydrogen-bond acceptors (Lipinski definition) is 3. The highest BCUT2D eigenvalue weighted by Gasteiger charge is 2.28. The van der Waals surface area contributed by atoms with Gasteiger partial charge in [-0.3, -0.25) is 9.59 Å². The fraction of sp³-hybridized carbons (Fsp3) is 0.867. The minimum atomic E-state index is -0.0654. The molecular formula is C15H30ClN3O2. The third-order valence-corrected chi connectivity index (χ3v) is 3.91. The van der Waals surface area contributed by atoms with Crippen LogP contribution in [0.5, 0.6) is 0 Å². The SMILES string of the molecule is CCCNC(=O)CN(CCC)C(=O)C[C@@H]1CCC[C@H]1N.Cl. The molecule has 0 aromatic heterocycles. The van der Waals surface area contributed by atoms with Gasteiger partial charge in [0.05, 0.1) is 6.54 Å². The fourth-order valence-electron chi connectivity index (χ4n) is 2.73. The van der Waals surface area contributed by atoms with Gasteiger partial charge in [0.2, 0.25) is 11.8 Å². The summed E-state index contributed by atoms with van der Waals surface area (Å²) in [4.78, 5) is 25.8. The molecule has 1 aliphatic rings. The van der Waals surface area contributed by atoms with Crippen molar-refractivity contribution in [1.82, 2.24) is 10.2 Å². The third kappa shape index (κ3) is 7.14. The van der Waals surface area contributed by atoms with Crippen molar-refractivity contribution in [3.05, 3.63) is 0 Å². The summed E-state index contributed by atoms with van der Waals surface area (Å²) >= 11 is 0. The van der Waals surface area contributed by atoms with Crippen LogP contribution in [0.1, 0.15) is 52.4 Å². The number of hydrogen-bond donors (Lipinski definition) is 2. The Labute approximate surface area is 134 Å². The molecule has 0 aromatic carbocycles. The Balaban J connectivity index is 0.00000400. The average Bonchev–Trinajstić information content (AvgIpc) is 2.81. The lowest BCUT2D eigenvalue weighted by atomic mass is 9.99. The Morgan fingerprint density at radius 2 is 1.95 bits per heavy atom. The molecule has 124 valence electrons. The Morgan fingerprint density at radius 3 is 2.48 bits per heavy atom. The van der Waals surface area contributed by atoms with E-state index in [0.29, 0.717) is 25.4 Å². The maximum Gasteiger partial charge on any atom is 0.239 e. The first-order valence-electron chi connectivity index (χ1n) is 7.88. The third-order valence-electron chi connectivity index (χ3n) is 3.91. The average molecular weight is 320 g/mol. The van der Waals surface area contributed by atoms with Crippen LogP contribution < -0.4 is 11.1 Å². The second kappa shape index (κ2) is 10.9. The van der Waals surface area contributed by atoms with E-state index in [1.165, 1.54) is 0 Å². The molecule has 1 saturated carbocycles. The smallest absolute Gasteiger partial charge is 0.239 e. The van der Waals surface area contributed by atoms with Crippen molar-refractivity contribution in [1.29, 1.82) is 0 Å². The molecule has 0 heterocycles. The summed E-state index contributed by atoms with van der Waals surface area (Å²) in [5, 5.41) is 2.82. The first-order chi connectivity index (χ1) is 9.58. The summed E-state index contributed by atoms with van der Waals surface area (Å²) in [5.74, 6) is 0.297. The molecular weight excluding hydrogens is 290 g/mol. The largest absolute Gasteiger partial charge is 0.355 e. The summed E-state index contributed by atoms with van der Waals surface area (Å²) < 4.78 is 0. The van der Waals surface area contributed by atoms with Crippen LogP contribution in [0, 0.1) is 5.92 Å². The van der Waals surface area contributed by atoms with Gasteiger partial charge in [-0.1, -0.05) is 20.3 Å². The first-order valence-corrected chi connectivity index (χ1v) is 7.88. The first kappa shape index (κ1) is 20.2. The lowest BCUT2D eigenvalue weighted by Crippen LogP contribution is -2.42. The summed E-state index contributed by atoms with van der Waals surface area (Å²) in [5.41, 5.74) is 6.02. The molecule has 6 heteroatoms. The summed E-state index contributed by atoms with van der Waals surface area (Å²) in [7, 11) is 0. The van der Waals surface area contributed by atoms with Crippen LogP contribution in [0.25, 0.3) is 0 Å². The summed E-state index contributed by atoms with van der Waals surface area (Å²) in [6.07, 6.45) is 5.43. The van der Waals surface area contributed by atoms with Crippen LogP contribution >= 0.6 is 12.4 Å². The standard InChI is InChI=1S/C15H29N3O2.ClH/c1-3-8-17-14(19)11-18(9-4-2)15(20)10-12-6-5-7-13(12)16;/h12-13H,3-11,16H2,1-2H3,(H,17,19);1H/t12-,13+;/m0./s1. The predicted molar refractivity (Wildman–Crippen MR) is 87.4 cm³/mol. The van der Waals surface area contributed by atoms with E-state index >= 15 is 0 Å². The predicted octanol–water partition coefficient (Wildman–Crippen LogP) is 1.69. The zero-order valence-corrected chi connectivity index (χ0v) is 14.1. The van der Waals surface area contributed by atoms with Gasteiger partial charge in [0.15, 0.2) is 0 Å². The van der Waals surface area contributed by atoms with Crippen molar-refractivity contribution in [3.63, 3.8) is 0 Å². The van der Waals surface area contributed by atoms with Gasteiger partial charge in [-0.05, 0) is 31.6 Å². The molecule has 1 rings (SSSR count). The quantitative estimate of drug-likeness (QED) is 0.715. The van der Waals surface area contributed by atoms with E-state index in [-0.39, 0.29) is 36.8 Å². The maximum atomic E-state index is 12.3. The van der Waals surface area contributed by atoms with Gasteiger partial charge in [0.25, 0.3) is 0 Å². The van der Waals surface area contributed by atoms with Crippen LogP contribution in [0.15, 0.2) is 0 Å². The highest BCUT2D eigenvalue weighted by Crippen LogP contribution is 2.27. The zero-order chi connectivity index (χ0) is 15.0. The van der Waals surface area contributed by atoms with E-state index in [1.807, 2.05) is 13.8 Å². The molecule has 0 aromatic rings. The van der Waals surface area contributed by atoms with Gasteiger partial charge in [-0.25, -0.2) is 0 Å². The van der Waals surface area contributed by atoms with E-state index in [2.05, 4.69) is 5.32 Å². The number of halogens is 1. The van der Waals surface area contributed by atoms with Crippen molar-refractivity contribution in [2.75, 3.05) is 19.6 Å². The molecule has 5 nitrogen and oxygen atoms in total. The molecule has 0 bridgehead atoms. The fourth-order valence-corrected chi connectivity index (χ4v) is 2.73. The molecule has 1 aliphatic carbocycles. The van der Waals surface area contributed by atoms with Crippen LogP contribution in [0.4, 0.5) is 0 Å². The molecule has 3 N–H and O–H groups in total. The van der Waals surface area contributed by atoms with Crippen LogP contribution in [0.3, 0.4) is 0 Å². The number of nitrogens with one attached hydrogen (secondary N) is 1. The lowest BCUT2D eigenvalue weighted by molar-refractivity contribution is -0.136. The van der Waals surface area contributed by atoms with E-state index in [1.54, 1.807) is 4.90 Å². The van der Waals surface area contributed by atoms with Crippen molar-refractivity contribution in [2.24, 2.45) is 11.7 Å². The van der Waals surface area contributed by atoms with Crippen molar-refractivity contribution < 1.29 is 9.59 Å². The minimum absolute atomic E-state index is 0. The number of rotatable bonds is 8. The molecule has 0 aliphatic heterocycles. The summed E-state index contributed by atoms with van der Waals surface area (Å²) in [6.45, 7) is 5.51. The number of carbonyl (C=O) groups is 2. The van der Waals surface area contributed by atoms with Crippen LogP contribution in [0.2, 0.25) is 0 Å². The highest BCUT2D eigenvalue weighted by molar-refractivity contribution is 5.85. The Bertz CT molecular complexity index is 326. The highest BCUT2D eigenvalue weighted by atomic mass is 35.5. The van der Waals surface area contributed by atoms with Crippen molar-refractivity contribution in [3.8, 4) is 0 Å². The van der Waals surface area contributed by atoms with Gasteiger partial charge in [-0.15, -0.1) is 12.4 Å². The van der Waals surface area contributed by atoms with Gasteiger partial charge in [-0.2, -0.15) is 0 Å². The normalized spacial score (nSPS) is 20.7. The lowest BCUT2D eigenvalue weighted by Gasteiger charge is -2.24. The van der Waals surface area contributed by atoms with Gasteiger partial charge in [0, 0.05) is 25.6 Å². The Hall–Kier alpha value is -0.810. The molecule has 0 unspecified atom stereocenters. The minimum Gasteiger partial charge on any atom is -0.355 e. The molecule has 1 fully saturated rings. The second-order valence-corrected chi connectivity index (χ2v) is 5.72. The van der Waals surface area contributed by atoms with E-state index < -0.39 is 0 Å². The molecule has 0 saturated heterocycles. The van der Waals surface area contributed by atoms with E-state index in [4.69, 9.17) is 5.73 Å². The molecule has 2 atom stereocenters. The molecule has 2 amide bonds. The Morgan fingerprint density at radius 1 is 1.24 bits per heavy atom. The monoisotopic (exact) mass is 319 g/mol. The van der Waals surface area contributed by atoms with Gasteiger partial charge >= 0.3 is 0 Å². The van der Waals surface area contributed by atoms with E-state index in [0.717, 1.165) is 32.1 Å². The van der Waals surface area contributed by atoms with Gasteiger partial charge in [0.1, 0.15) is 0 Å². The van der Waals surface area contributed by atoms with Gasteiger partial charge < -0.3 is 16.0 Å². The second-order valence-electron chi connectivity index (χ2n) is 5.72. The molecule has 0 spiro atoms. The van der Waals surface area contributed by atoms with E-state index in [9.17, 15) is 9.59 Å². The maximum absolute atomic E-state index is 12.3. The van der Waals surface area contributed by atoms with Crippen molar-refractivity contribution >= 4 is 24.2 Å². The number of nitrogens with zero attached hydrogens (tertiary/aromatic N) is 1. The molecule has 21 heavy (non-hydrogen) atoms.